The Morgan fingerprint density at radius 1 is 1.29 bits per heavy atom. The van der Waals surface area contributed by atoms with Crippen LogP contribution in [0.3, 0.4) is 0 Å². The van der Waals surface area contributed by atoms with Gasteiger partial charge >= 0.3 is 0 Å². The first-order chi connectivity index (χ1) is 11.5. The van der Waals surface area contributed by atoms with E-state index in [9.17, 15) is 4.79 Å². The van der Waals surface area contributed by atoms with Crippen LogP contribution in [0.4, 0.5) is 5.69 Å². The molecule has 1 heterocycles. The molecule has 2 N–H and O–H groups in total. The average Bonchev–Trinajstić information content (AvgIpc) is 2.56. The van der Waals surface area contributed by atoms with Gasteiger partial charge in [0.15, 0.2) is 0 Å². The summed E-state index contributed by atoms with van der Waals surface area (Å²) in [5.74, 6) is 0.468. The van der Waals surface area contributed by atoms with Crippen molar-refractivity contribution in [3.05, 3.63) is 58.6 Å². The van der Waals surface area contributed by atoms with E-state index in [-0.39, 0.29) is 18.1 Å². The molecule has 0 radical (unpaired) electrons. The Labute approximate surface area is 147 Å². The van der Waals surface area contributed by atoms with Crippen LogP contribution in [0.5, 0.6) is 5.75 Å². The molecule has 5 heteroatoms. The van der Waals surface area contributed by atoms with Crippen molar-refractivity contribution in [2.45, 2.75) is 32.4 Å². The number of hydrogen-bond donors (Lipinski definition) is 2. The molecule has 0 aliphatic carbocycles. The number of para-hydroxylation sites is 1. The van der Waals surface area contributed by atoms with Gasteiger partial charge in [-0.1, -0.05) is 29.8 Å². The normalized spacial score (nSPS) is 16.2. The van der Waals surface area contributed by atoms with E-state index in [0.717, 1.165) is 12.1 Å². The predicted octanol–water partition coefficient (Wildman–Crippen LogP) is 3.89. The van der Waals surface area contributed by atoms with E-state index in [1.807, 2.05) is 26.0 Å². The first-order valence-corrected chi connectivity index (χ1v) is 8.49. The van der Waals surface area contributed by atoms with Crippen LogP contribution >= 0.6 is 11.6 Å². The molecule has 126 valence electrons. The zero-order valence-electron chi connectivity index (χ0n) is 13.8. The molecule has 1 aliphatic heterocycles. The average molecular weight is 345 g/mol. The Morgan fingerprint density at radius 3 is 2.83 bits per heavy atom. The molecule has 1 unspecified atom stereocenters. The highest BCUT2D eigenvalue weighted by Gasteiger charge is 2.20. The lowest BCUT2D eigenvalue weighted by atomic mass is 9.99. The quantitative estimate of drug-likeness (QED) is 0.884. The van der Waals surface area contributed by atoms with Gasteiger partial charge in [0, 0.05) is 17.8 Å². The summed E-state index contributed by atoms with van der Waals surface area (Å²) in [6.45, 7) is 4.58. The summed E-state index contributed by atoms with van der Waals surface area (Å²) in [5.41, 5.74) is 2.89. The number of carbonyl (C=O) groups excluding carboxylic acids is 1. The maximum absolute atomic E-state index is 12.5. The van der Waals surface area contributed by atoms with Crippen LogP contribution in [0, 0.1) is 0 Å². The fraction of sp³-hybridized carbons (Fsp3) is 0.316. The van der Waals surface area contributed by atoms with Crippen molar-refractivity contribution >= 4 is 23.2 Å². The Kier molecular flexibility index (Phi) is 4.95. The minimum Gasteiger partial charge on any atom is -0.489 e. The highest BCUT2D eigenvalue weighted by Crippen LogP contribution is 2.27. The number of ether oxygens (including phenoxy) is 1. The third-order valence-electron chi connectivity index (χ3n) is 3.91. The smallest absolute Gasteiger partial charge is 0.251 e. The second-order valence-corrected chi connectivity index (χ2v) is 6.63. The van der Waals surface area contributed by atoms with Gasteiger partial charge in [0.2, 0.25) is 0 Å². The largest absolute Gasteiger partial charge is 0.489 e. The third-order valence-corrected chi connectivity index (χ3v) is 4.21. The van der Waals surface area contributed by atoms with Gasteiger partial charge < -0.3 is 15.4 Å². The Hall–Kier alpha value is -2.20. The van der Waals surface area contributed by atoms with Crippen molar-refractivity contribution in [2.75, 3.05) is 11.9 Å². The lowest BCUT2D eigenvalue weighted by Gasteiger charge is -2.27. The second kappa shape index (κ2) is 7.14. The maximum atomic E-state index is 12.5. The summed E-state index contributed by atoms with van der Waals surface area (Å²) in [7, 11) is 0. The van der Waals surface area contributed by atoms with Crippen LogP contribution in [0.1, 0.15) is 29.8 Å². The fourth-order valence-corrected chi connectivity index (χ4v) is 3.03. The highest BCUT2D eigenvalue weighted by atomic mass is 35.5. The third kappa shape index (κ3) is 3.82. The van der Waals surface area contributed by atoms with Gasteiger partial charge in [-0.3, -0.25) is 4.79 Å². The summed E-state index contributed by atoms with van der Waals surface area (Å²) in [5, 5.41) is 6.86. The monoisotopic (exact) mass is 344 g/mol. The number of nitrogens with one attached hydrogen (secondary N) is 2. The number of anilines is 1. The standard InChI is InChI=1S/C19H21ClN2O2/c1-12(2)24-18-8-7-14(10-16(18)20)19(23)22-15-9-13-5-3-4-6-17(13)21-11-15/h3-8,10,12,15,21H,9,11H2,1-2H3,(H,22,23). The molecule has 2 aromatic carbocycles. The van der Waals surface area contributed by atoms with E-state index >= 15 is 0 Å². The molecule has 0 aromatic heterocycles. The number of fused-ring (bicyclic) bond motifs is 1. The van der Waals surface area contributed by atoms with Crippen LogP contribution in [0.2, 0.25) is 5.02 Å². The minimum absolute atomic E-state index is 0.0376. The van der Waals surface area contributed by atoms with Crippen molar-refractivity contribution < 1.29 is 9.53 Å². The summed E-state index contributed by atoms with van der Waals surface area (Å²) < 4.78 is 5.60. The SMILES string of the molecule is CC(C)Oc1ccc(C(=O)NC2CNc3ccccc3C2)cc1Cl. The molecule has 2 aromatic rings. The highest BCUT2D eigenvalue weighted by molar-refractivity contribution is 6.32. The molecular formula is C19H21ClN2O2. The molecule has 4 nitrogen and oxygen atoms in total. The van der Waals surface area contributed by atoms with Crippen LogP contribution in [0.25, 0.3) is 0 Å². The number of hydrogen-bond acceptors (Lipinski definition) is 3. The van der Waals surface area contributed by atoms with Crippen LogP contribution in [0.15, 0.2) is 42.5 Å². The molecule has 0 bridgehead atoms. The van der Waals surface area contributed by atoms with Gasteiger partial charge in [-0.15, -0.1) is 0 Å². The molecule has 24 heavy (non-hydrogen) atoms. The molecule has 1 amide bonds. The Morgan fingerprint density at radius 2 is 2.08 bits per heavy atom. The summed E-state index contributed by atoms with van der Waals surface area (Å²) in [6.07, 6.45) is 0.854. The lowest BCUT2D eigenvalue weighted by Crippen LogP contribution is -2.43. The number of halogens is 1. The number of carbonyl (C=O) groups is 1. The topological polar surface area (TPSA) is 50.4 Å². The van der Waals surface area contributed by atoms with E-state index in [0.29, 0.717) is 22.9 Å². The van der Waals surface area contributed by atoms with Gasteiger partial charge in [-0.2, -0.15) is 0 Å². The zero-order valence-corrected chi connectivity index (χ0v) is 14.6. The molecule has 0 fully saturated rings. The van der Waals surface area contributed by atoms with E-state index in [1.165, 1.54) is 5.56 Å². The van der Waals surface area contributed by atoms with Crippen molar-refractivity contribution in [3.8, 4) is 5.75 Å². The lowest BCUT2D eigenvalue weighted by molar-refractivity contribution is 0.0938. The number of benzene rings is 2. The van der Waals surface area contributed by atoms with Gasteiger partial charge in [0.25, 0.3) is 5.91 Å². The Bertz CT molecular complexity index is 746. The zero-order chi connectivity index (χ0) is 17.1. The molecule has 0 saturated carbocycles. The van der Waals surface area contributed by atoms with E-state index in [1.54, 1.807) is 18.2 Å². The molecule has 1 atom stereocenters. The van der Waals surface area contributed by atoms with Gasteiger partial charge in [-0.25, -0.2) is 0 Å². The van der Waals surface area contributed by atoms with Crippen LogP contribution in [-0.4, -0.2) is 24.6 Å². The summed E-state index contributed by atoms with van der Waals surface area (Å²) >= 11 is 6.21. The fourth-order valence-electron chi connectivity index (χ4n) is 2.80. The van der Waals surface area contributed by atoms with Crippen LogP contribution < -0.4 is 15.4 Å². The van der Waals surface area contributed by atoms with Crippen molar-refractivity contribution in [3.63, 3.8) is 0 Å². The molecular weight excluding hydrogens is 324 g/mol. The molecule has 3 rings (SSSR count). The van der Waals surface area contributed by atoms with Crippen molar-refractivity contribution in [1.82, 2.24) is 5.32 Å². The first-order valence-electron chi connectivity index (χ1n) is 8.12. The molecule has 0 saturated heterocycles. The van der Waals surface area contributed by atoms with E-state index in [4.69, 9.17) is 16.3 Å². The number of rotatable bonds is 4. The van der Waals surface area contributed by atoms with E-state index in [2.05, 4.69) is 22.8 Å². The van der Waals surface area contributed by atoms with Gasteiger partial charge in [0.1, 0.15) is 5.75 Å². The van der Waals surface area contributed by atoms with E-state index < -0.39 is 0 Å². The van der Waals surface area contributed by atoms with Gasteiger partial charge in [0.05, 0.1) is 17.2 Å². The molecule has 1 aliphatic rings. The van der Waals surface area contributed by atoms with Crippen molar-refractivity contribution in [2.24, 2.45) is 0 Å². The maximum Gasteiger partial charge on any atom is 0.251 e. The Balaban J connectivity index is 1.66. The van der Waals surface area contributed by atoms with Crippen molar-refractivity contribution in [1.29, 1.82) is 0 Å². The summed E-state index contributed by atoms with van der Waals surface area (Å²) in [4.78, 5) is 12.5. The second-order valence-electron chi connectivity index (χ2n) is 6.22. The van der Waals surface area contributed by atoms with Gasteiger partial charge in [-0.05, 0) is 50.1 Å². The predicted molar refractivity (Wildman–Crippen MR) is 97.1 cm³/mol. The van der Waals surface area contributed by atoms with Crippen LogP contribution in [-0.2, 0) is 6.42 Å². The molecule has 0 spiro atoms. The summed E-state index contributed by atoms with van der Waals surface area (Å²) in [6, 6.07) is 13.3. The first kappa shape index (κ1) is 16.7. The minimum atomic E-state index is -0.126. The number of amides is 1.